The summed E-state index contributed by atoms with van der Waals surface area (Å²) in [5.41, 5.74) is 2.19. The minimum atomic E-state index is -0.123. The van der Waals surface area contributed by atoms with Crippen molar-refractivity contribution < 1.29 is 14.6 Å². The number of carbonyl (C=O) groups excluding carboxylic acids is 1. The average Bonchev–Trinajstić information content (AvgIpc) is 2.85. The van der Waals surface area contributed by atoms with Gasteiger partial charge in [0.25, 0.3) is 0 Å². The number of thiazole rings is 1. The van der Waals surface area contributed by atoms with Crippen molar-refractivity contribution in [1.29, 1.82) is 0 Å². The number of phenols is 1. The van der Waals surface area contributed by atoms with Crippen LogP contribution < -0.4 is 4.74 Å². The first-order chi connectivity index (χ1) is 10.0. The molecule has 0 aliphatic rings. The first kappa shape index (κ1) is 15.5. The molecule has 112 valence electrons. The van der Waals surface area contributed by atoms with E-state index >= 15 is 0 Å². The molecule has 4 nitrogen and oxygen atoms in total. The van der Waals surface area contributed by atoms with E-state index in [1.54, 1.807) is 13.2 Å². The summed E-state index contributed by atoms with van der Waals surface area (Å²) < 4.78 is 5.25. The van der Waals surface area contributed by atoms with Crippen molar-refractivity contribution in [3.63, 3.8) is 0 Å². The highest BCUT2D eigenvalue weighted by atomic mass is 32.1. The first-order valence-corrected chi connectivity index (χ1v) is 7.77. The third-order valence-corrected chi connectivity index (χ3v) is 4.16. The van der Waals surface area contributed by atoms with Crippen LogP contribution in [-0.4, -0.2) is 23.0 Å². The van der Waals surface area contributed by atoms with Crippen molar-refractivity contribution in [2.75, 3.05) is 7.11 Å². The predicted octanol–water partition coefficient (Wildman–Crippen LogP) is 3.54. The number of benzene rings is 1. The van der Waals surface area contributed by atoms with Gasteiger partial charge in [-0.15, -0.1) is 11.3 Å². The minimum Gasteiger partial charge on any atom is -0.507 e. The van der Waals surface area contributed by atoms with Crippen LogP contribution in [0.15, 0.2) is 17.5 Å². The number of ketones is 1. The molecular formula is C16H19NO3S. The van der Waals surface area contributed by atoms with Gasteiger partial charge in [-0.3, -0.25) is 4.79 Å². The van der Waals surface area contributed by atoms with Gasteiger partial charge >= 0.3 is 0 Å². The molecule has 1 heterocycles. The maximum Gasteiger partial charge on any atom is 0.173 e. The van der Waals surface area contributed by atoms with Crippen molar-refractivity contribution >= 4 is 17.1 Å². The number of aryl methyl sites for hydroxylation is 2. The summed E-state index contributed by atoms with van der Waals surface area (Å²) in [6, 6.07) is 3.26. The fourth-order valence-electron chi connectivity index (χ4n) is 2.21. The molecule has 0 radical (unpaired) electrons. The van der Waals surface area contributed by atoms with Gasteiger partial charge in [-0.2, -0.15) is 0 Å². The third kappa shape index (κ3) is 3.61. The molecule has 0 atom stereocenters. The number of methoxy groups -OCH3 is 1. The molecule has 0 bridgehead atoms. The lowest BCUT2D eigenvalue weighted by Gasteiger charge is -2.11. The Hall–Kier alpha value is -1.88. The van der Waals surface area contributed by atoms with E-state index in [2.05, 4.69) is 11.9 Å². The second kappa shape index (κ2) is 6.72. The van der Waals surface area contributed by atoms with E-state index in [1.165, 1.54) is 17.4 Å². The Kier molecular flexibility index (Phi) is 4.96. The van der Waals surface area contributed by atoms with Crippen LogP contribution in [0.4, 0.5) is 0 Å². The van der Waals surface area contributed by atoms with Gasteiger partial charge in [0.2, 0.25) is 0 Å². The Balaban J connectivity index is 2.29. The molecule has 2 aromatic rings. The number of Topliss-reactive ketones (excluding diaryl/α,β-unsaturated/α-hetero) is 1. The van der Waals surface area contributed by atoms with Gasteiger partial charge in [0.05, 0.1) is 19.1 Å². The van der Waals surface area contributed by atoms with Gasteiger partial charge < -0.3 is 9.84 Å². The Morgan fingerprint density at radius 1 is 1.43 bits per heavy atom. The standard InChI is InChI=1S/C16H19NO3S/c1-4-5-11-6-12(13(18)7-15(11)20-3)14(19)8-16-17-10(2)9-21-16/h6-7,9,18H,4-5,8H2,1-3H3. The van der Waals surface area contributed by atoms with Gasteiger partial charge in [-0.25, -0.2) is 4.98 Å². The average molecular weight is 305 g/mol. The summed E-state index contributed by atoms with van der Waals surface area (Å²) in [5.74, 6) is 0.461. The number of rotatable bonds is 6. The summed E-state index contributed by atoms with van der Waals surface area (Å²) in [5, 5.41) is 12.7. The lowest BCUT2D eigenvalue weighted by atomic mass is 10.0. The molecule has 5 heteroatoms. The normalized spacial score (nSPS) is 10.6. The molecule has 0 amide bonds. The van der Waals surface area contributed by atoms with Crippen LogP contribution in [0.5, 0.6) is 11.5 Å². The van der Waals surface area contributed by atoms with Crippen LogP contribution in [-0.2, 0) is 12.8 Å². The van der Waals surface area contributed by atoms with Crippen molar-refractivity contribution in [3.05, 3.63) is 39.3 Å². The summed E-state index contributed by atoms with van der Waals surface area (Å²) in [6.45, 7) is 3.96. The molecule has 1 N–H and O–H groups in total. The molecule has 2 rings (SSSR count). The number of ether oxygens (including phenoxy) is 1. The third-order valence-electron chi connectivity index (χ3n) is 3.20. The van der Waals surface area contributed by atoms with E-state index in [0.717, 1.165) is 29.1 Å². The number of aromatic hydroxyl groups is 1. The highest BCUT2D eigenvalue weighted by Crippen LogP contribution is 2.30. The van der Waals surface area contributed by atoms with Gasteiger partial charge in [0.15, 0.2) is 5.78 Å². The van der Waals surface area contributed by atoms with E-state index in [4.69, 9.17) is 4.74 Å². The molecule has 0 aliphatic carbocycles. The van der Waals surface area contributed by atoms with E-state index in [0.29, 0.717) is 11.3 Å². The van der Waals surface area contributed by atoms with Gasteiger partial charge in [0.1, 0.15) is 16.5 Å². The second-order valence-corrected chi connectivity index (χ2v) is 5.86. The fraction of sp³-hybridized carbons (Fsp3) is 0.375. The Morgan fingerprint density at radius 3 is 2.76 bits per heavy atom. The number of phenolic OH excluding ortho intramolecular Hbond substituents is 1. The zero-order valence-electron chi connectivity index (χ0n) is 12.5. The largest absolute Gasteiger partial charge is 0.507 e. The molecule has 0 aliphatic heterocycles. The van der Waals surface area contributed by atoms with Crippen molar-refractivity contribution in [3.8, 4) is 11.5 Å². The van der Waals surface area contributed by atoms with E-state index < -0.39 is 0 Å². The van der Waals surface area contributed by atoms with Crippen LogP contribution in [0, 0.1) is 6.92 Å². The number of hydrogen-bond donors (Lipinski definition) is 1. The number of nitrogens with zero attached hydrogens (tertiary/aromatic N) is 1. The smallest absolute Gasteiger partial charge is 0.173 e. The van der Waals surface area contributed by atoms with Gasteiger partial charge in [-0.05, 0) is 25.0 Å². The molecule has 0 spiro atoms. The van der Waals surface area contributed by atoms with E-state index in [-0.39, 0.29) is 18.0 Å². The van der Waals surface area contributed by atoms with Crippen molar-refractivity contribution in [1.82, 2.24) is 4.98 Å². The Morgan fingerprint density at radius 2 is 2.19 bits per heavy atom. The van der Waals surface area contributed by atoms with Gasteiger partial charge in [0, 0.05) is 17.1 Å². The molecule has 21 heavy (non-hydrogen) atoms. The topological polar surface area (TPSA) is 59.4 Å². The first-order valence-electron chi connectivity index (χ1n) is 6.89. The second-order valence-electron chi connectivity index (χ2n) is 4.91. The number of carbonyl (C=O) groups is 1. The van der Waals surface area contributed by atoms with Crippen LogP contribution in [0.3, 0.4) is 0 Å². The van der Waals surface area contributed by atoms with Crippen molar-refractivity contribution in [2.24, 2.45) is 0 Å². The predicted molar refractivity (Wildman–Crippen MR) is 83.5 cm³/mol. The van der Waals surface area contributed by atoms with Crippen LogP contribution in [0.2, 0.25) is 0 Å². The molecule has 0 saturated heterocycles. The Labute approximate surface area is 128 Å². The lowest BCUT2D eigenvalue weighted by Crippen LogP contribution is -2.05. The monoisotopic (exact) mass is 305 g/mol. The Bertz CT molecular complexity index is 649. The van der Waals surface area contributed by atoms with E-state index in [1.807, 2.05) is 12.3 Å². The fourth-order valence-corrected chi connectivity index (χ4v) is 2.98. The molecule has 1 aromatic carbocycles. The van der Waals surface area contributed by atoms with Gasteiger partial charge in [-0.1, -0.05) is 13.3 Å². The zero-order valence-corrected chi connectivity index (χ0v) is 13.3. The minimum absolute atomic E-state index is 0.0371. The molecule has 1 aromatic heterocycles. The number of hydrogen-bond acceptors (Lipinski definition) is 5. The summed E-state index contributed by atoms with van der Waals surface area (Å²) in [4.78, 5) is 16.7. The highest BCUT2D eigenvalue weighted by molar-refractivity contribution is 7.09. The van der Waals surface area contributed by atoms with Crippen LogP contribution in [0.25, 0.3) is 0 Å². The van der Waals surface area contributed by atoms with Crippen LogP contribution >= 0.6 is 11.3 Å². The highest BCUT2D eigenvalue weighted by Gasteiger charge is 2.17. The zero-order chi connectivity index (χ0) is 15.4. The van der Waals surface area contributed by atoms with Crippen LogP contribution in [0.1, 0.15) is 40.0 Å². The van der Waals surface area contributed by atoms with E-state index in [9.17, 15) is 9.90 Å². The summed E-state index contributed by atoms with van der Waals surface area (Å²) in [6.07, 6.45) is 1.96. The maximum atomic E-state index is 12.4. The SMILES string of the molecule is CCCc1cc(C(=O)Cc2nc(C)cs2)c(O)cc1OC. The summed E-state index contributed by atoms with van der Waals surface area (Å²) >= 11 is 1.46. The maximum absolute atomic E-state index is 12.4. The molecular weight excluding hydrogens is 286 g/mol. The number of aromatic nitrogens is 1. The quantitative estimate of drug-likeness (QED) is 0.829. The lowest BCUT2D eigenvalue weighted by molar-refractivity contribution is 0.0990. The molecule has 0 unspecified atom stereocenters. The molecule has 0 fully saturated rings. The molecule has 0 saturated carbocycles. The van der Waals surface area contributed by atoms with Crippen molar-refractivity contribution in [2.45, 2.75) is 33.1 Å². The summed E-state index contributed by atoms with van der Waals surface area (Å²) in [7, 11) is 1.56.